The van der Waals surface area contributed by atoms with Crippen molar-refractivity contribution in [3.8, 4) is 16.3 Å². The molecule has 134 valence electrons. The summed E-state index contributed by atoms with van der Waals surface area (Å²) in [7, 11) is 0. The van der Waals surface area contributed by atoms with Crippen molar-refractivity contribution < 1.29 is 5.11 Å². The number of aromatic hydroxyl groups is 1. The molecule has 1 heterocycles. The molecule has 0 aliphatic carbocycles. The third-order valence-electron chi connectivity index (χ3n) is 4.07. The van der Waals surface area contributed by atoms with Crippen LogP contribution in [0.2, 0.25) is 10.0 Å². The smallest absolute Gasteiger partial charge is 0.143 e. The Balaban J connectivity index is 1.60. The summed E-state index contributed by atoms with van der Waals surface area (Å²) < 4.78 is 1.17. The molecule has 0 spiro atoms. The molecule has 0 fully saturated rings. The fraction of sp³-hybridized carbons (Fsp3) is 0.0476. The van der Waals surface area contributed by atoms with Crippen molar-refractivity contribution in [2.75, 3.05) is 0 Å². The second-order valence-corrected chi connectivity index (χ2v) is 8.00. The Hall–Kier alpha value is -2.40. The lowest BCUT2D eigenvalue weighted by molar-refractivity contribution is 0.475. The Morgan fingerprint density at radius 1 is 1.04 bits per heavy atom. The molecule has 1 aromatic heterocycles. The zero-order chi connectivity index (χ0) is 19.0. The van der Waals surface area contributed by atoms with Gasteiger partial charge in [0.05, 0.1) is 20.9 Å². The van der Waals surface area contributed by atoms with E-state index >= 15 is 0 Å². The second kappa shape index (κ2) is 7.31. The molecule has 1 N–H and O–H groups in total. The minimum atomic E-state index is -0.0359. The summed E-state index contributed by atoms with van der Waals surface area (Å²) in [4.78, 5) is 9.11. The molecule has 4 aromatic rings. The third-order valence-corrected chi connectivity index (χ3v) is 5.66. The van der Waals surface area contributed by atoms with E-state index in [2.05, 4.69) is 30.1 Å². The number of aromatic nitrogens is 1. The summed E-state index contributed by atoms with van der Waals surface area (Å²) in [5, 5.41) is 11.6. The first-order valence-electron chi connectivity index (χ1n) is 8.19. The average Bonchev–Trinajstić information content (AvgIpc) is 3.07. The van der Waals surface area contributed by atoms with Gasteiger partial charge in [0.2, 0.25) is 0 Å². The van der Waals surface area contributed by atoms with E-state index in [9.17, 15) is 5.11 Å². The number of phenolic OH excluding ortho intramolecular Hbond substituents is 1. The fourth-order valence-corrected chi connectivity index (χ4v) is 4.14. The first kappa shape index (κ1) is 18.0. The van der Waals surface area contributed by atoms with Crippen LogP contribution in [0.3, 0.4) is 0 Å². The van der Waals surface area contributed by atoms with Gasteiger partial charge in [0.25, 0.3) is 0 Å². The van der Waals surface area contributed by atoms with E-state index < -0.39 is 0 Å². The normalized spacial score (nSPS) is 11.5. The zero-order valence-electron chi connectivity index (χ0n) is 14.3. The average molecular weight is 413 g/mol. The summed E-state index contributed by atoms with van der Waals surface area (Å²) in [6.07, 6.45) is 1.54. The van der Waals surface area contributed by atoms with E-state index in [0.717, 1.165) is 21.8 Å². The lowest BCUT2D eigenvalue weighted by Gasteiger charge is -2.02. The number of fused-ring (bicyclic) bond motifs is 1. The Kier molecular flexibility index (Phi) is 4.87. The van der Waals surface area contributed by atoms with Crippen LogP contribution in [0.15, 0.2) is 59.6 Å². The molecule has 0 aliphatic rings. The number of thiazole rings is 1. The first-order valence-corrected chi connectivity index (χ1v) is 9.76. The monoisotopic (exact) mass is 412 g/mol. The molecule has 3 aromatic carbocycles. The quantitative estimate of drug-likeness (QED) is 0.366. The molecular weight excluding hydrogens is 399 g/mol. The van der Waals surface area contributed by atoms with Crippen LogP contribution in [0.4, 0.5) is 5.69 Å². The summed E-state index contributed by atoms with van der Waals surface area (Å²) >= 11 is 13.6. The van der Waals surface area contributed by atoms with Crippen molar-refractivity contribution in [1.29, 1.82) is 0 Å². The maximum absolute atomic E-state index is 9.99. The molecule has 27 heavy (non-hydrogen) atoms. The predicted molar refractivity (Wildman–Crippen MR) is 115 cm³/mol. The molecule has 4 rings (SSSR count). The van der Waals surface area contributed by atoms with Crippen molar-refractivity contribution in [3.63, 3.8) is 0 Å². The lowest BCUT2D eigenvalue weighted by atomic mass is 10.2. The maximum Gasteiger partial charge on any atom is 0.143 e. The van der Waals surface area contributed by atoms with E-state index in [4.69, 9.17) is 28.2 Å². The molecule has 0 unspecified atom stereocenters. The highest BCUT2D eigenvalue weighted by molar-refractivity contribution is 7.21. The Labute approximate surface area is 170 Å². The molecular formula is C21H14Cl2N2OS. The lowest BCUT2D eigenvalue weighted by Crippen LogP contribution is -1.84. The largest absolute Gasteiger partial charge is 0.506 e. The van der Waals surface area contributed by atoms with Gasteiger partial charge in [0.1, 0.15) is 10.8 Å². The minimum Gasteiger partial charge on any atom is -0.506 e. The maximum atomic E-state index is 9.99. The van der Waals surface area contributed by atoms with Gasteiger partial charge < -0.3 is 5.11 Å². The van der Waals surface area contributed by atoms with Gasteiger partial charge in [-0.05, 0) is 61.0 Å². The molecule has 3 nitrogen and oxygen atoms in total. The number of rotatable bonds is 3. The van der Waals surface area contributed by atoms with Crippen LogP contribution in [0.5, 0.6) is 5.75 Å². The molecule has 0 atom stereocenters. The third kappa shape index (κ3) is 3.83. The van der Waals surface area contributed by atoms with Gasteiger partial charge in [0, 0.05) is 22.4 Å². The van der Waals surface area contributed by atoms with Crippen molar-refractivity contribution >= 4 is 56.7 Å². The summed E-state index contributed by atoms with van der Waals surface area (Å²) in [5.74, 6) is -0.0359. The van der Waals surface area contributed by atoms with Crippen molar-refractivity contribution in [3.05, 3.63) is 75.8 Å². The van der Waals surface area contributed by atoms with Crippen LogP contribution in [0, 0.1) is 6.92 Å². The van der Waals surface area contributed by atoms with E-state index in [0.29, 0.717) is 10.6 Å². The molecule has 0 bridgehead atoms. The number of halogens is 2. The van der Waals surface area contributed by atoms with Crippen molar-refractivity contribution in [1.82, 2.24) is 4.98 Å². The Morgan fingerprint density at radius 2 is 1.81 bits per heavy atom. The number of phenols is 1. The molecule has 6 heteroatoms. The number of nitrogens with zero attached hydrogens (tertiary/aromatic N) is 2. The standard InChI is InChI=1S/C21H14Cl2N2OS/c1-12-2-7-19-18(8-12)25-21(27-19)13-3-5-16(6-4-13)24-11-14-9-15(22)10-17(23)20(14)26/h2-11,26H,1H3. The van der Waals surface area contributed by atoms with Crippen LogP contribution < -0.4 is 0 Å². The zero-order valence-corrected chi connectivity index (χ0v) is 16.6. The molecule has 0 radical (unpaired) electrons. The second-order valence-electron chi connectivity index (χ2n) is 6.12. The number of aliphatic imine (C=N–C) groups is 1. The van der Waals surface area contributed by atoms with Crippen LogP contribution >= 0.6 is 34.5 Å². The molecule has 0 saturated carbocycles. The van der Waals surface area contributed by atoms with Gasteiger partial charge >= 0.3 is 0 Å². The van der Waals surface area contributed by atoms with Gasteiger partial charge in [0.15, 0.2) is 0 Å². The van der Waals surface area contributed by atoms with Crippen LogP contribution in [0.1, 0.15) is 11.1 Å². The SMILES string of the molecule is Cc1ccc2sc(-c3ccc(N=Cc4cc(Cl)cc(Cl)c4O)cc3)nc2c1. The molecule has 0 aliphatic heterocycles. The highest BCUT2D eigenvalue weighted by Gasteiger charge is 2.07. The van der Waals surface area contributed by atoms with E-state index in [-0.39, 0.29) is 10.8 Å². The van der Waals surface area contributed by atoms with Crippen molar-refractivity contribution in [2.24, 2.45) is 4.99 Å². The number of benzene rings is 3. The topological polar surface area (TPSA) is 45.5 Å². The number of hydrogen-bond donors (Lipinski definition) is 1. The highest BCUT2D eigenvalue weighted by Crippen LogP contribution is 2.32. The Bertz CT molecular complexity index is 1170. The van der Waals surface area contributed by atoms with Crippen molar-refractivity contribution in [2.45, 2.75) is 6.92 Å². The minimum absolute atomic E-state index is 0.0359. The Morgan fingerprint density at radius 3 is 2.59 bits per heavy atom. The number of hydrogen-bond acceptors (Lipinski definition) is 4. The summed E-state index contributed by atoms with van der Waals surface area (Å²) in [6.45, 7) is 2.07. The predicted octanol–water partition coefficient (Wildman–Crippen LogP) is 7.03. The first-order chi connectivity index (χ1) is 13.0. The highest BCUT2D eigenvalue weighted by atomic mass is 35.5. The van der Waals surface area contributed by atoms with Crippen LogP contribution in [-0.2, 0) is 0 Å². The molecule has 0 amide bonds. The van der Waals surface area contributed by atoms with Gasteiger partial charge in [-0.25, -0.2) is 4.98 Å². The summed E-state index contributed by atoms with van der Waals surface area (Å²) in [5.41, 5.74) is 4.49. The summed E-state index contributed by atoms with van der Waals surface area (Å²) in [6, 6.07) is 17.2. The van der Waals surface area contributed by atoms with Gasteiger partial charge in [-0.2, -0.15) is 0 Å². The van der Waals surface area contributed by atoms with Gasteiger partial charge in [-0.15, -0.1) is 11.3 Å². The van der Waals surface area contributed by atoms with E-state index in [1.807, 2.05) is 24.3 Å². The number of aryl methyl sites for hydroxylation is 1. The van der Waals surface area contributed by atoms with E-state index in [1.165, 1.54) is 16.3 Å². The fourth-order valence-electron chi connectivity index (χ4n) is 2.68. The van der Waals surface area contributed by atoms with Gasteiger partial charge in [-0.1, -0.05) is 29.3 Å². The van der Waals surface area contributed by atoms with Gasteiger partial charge in [-0.3, -0.25) is 4.99 Å². The van der Waals surface area contributed by atoms with E-state index in [1.54, 1.807) is 23.6 Å². The van der Waals surface area contributed by atoms with Crippen LogP contribution in [0.25, 0.3) is 20.8 Å². The van der Waals surface area contributed by atoms with Crippen LogP contribution in [-0.4, -0.2) is 16.3 Å². The molecule has 0 saturated heterocycles.